The van der Waals surface area contributed by atoms with E-state index in [1.165, 1.54) is 65.9 Å². The molecule has 0 unspecified atom stereocenters. The van der Waals surface area contributed by atoms with E-state index in [1.807, 2.05) is 0 Å². The minimum absolute atomic E-state index is 1.16. The van der Waals surface area contributed by atoms with Gasteiger partial charge in [0.15, 0.2) is 0 Å². The summed E-state index contributed by atoms with van der Waals surface area (Å²) in [6.07, 6.45) is 0. The molecular weight excluding hydrogens is 532 g/mol. The first kappa shape index (κ1) is 24.7. The molecule has 0 saturated carbocycles. The van der Waals surface area contributed by atoms with Crippen molar-refractivity contribution in [3.63, 3.8) is 0 Å². The van der Waals surface area contributed by atoms with E-state index >= 15 is 0 Å². The molecule has 0 aliphatic heterocycles. The van der Waals surface area contributed by atoms with Crippen LogP contribution in [0.3, 0.4) is 0 Å². The Morgan fingerprint density at radius 1 is 0.273 bits per heavy atom. The van der Waals surface area contributed by atoms with Gasteiger partial charge in [0.25, 0.3) is 0 Å². The van der Waals surface area contributed by atoms with Crippen molar-refractivity contribution in [3.8, 4) is 33.6 Å². The summed E-state index contributed by atoms with van der Waals surface area (Å²) < 4.78 is 4.76. The third-order valence-corrected chi connectivity index (χ3v) is 8.94. The van der Waals surface area contributed by atoms with Gasteiger partial charge in [0, 0.05) is 32.9 Å². The van der Waals surface area contributed by atoms with Crippen molar-refractivity contribution in [3.05, 3.63) is 170 Å². The van der Waals surface area contributed by atoms with Crippen LogP contribution >= 0.6 is 0 Å². The van der Waals surface area contributed by atoms with E-state index in [-0.39, 0.29) is 0 Å². The zero-order valence-electron chi connectivity index (χ0n) is 24.1. The normalized spacial score (nSPS) is 11.6. The molecule has 0 saturated heterocycles. The van der Waals surface area contributed by atoms with Crippen LogP contribution in [0.25, 0.3) is 77.2 Å². The predicted molar refractivity (Wildman–Crippen MR) is 186 cm³/mol. The van der Waals surface area contributed by atoms with E-state index in [0.29, 0.717) is 0 Å². The van der Waals surface area contributed by atoms with Gasteiger partial charge >= 0.3 is 0 Å². The lowest BCUT2D eigenvalue weighted by Crippen LogP contribution is -1.95. The van der Waals surface area contributed by atoms with Gasteiger partial charge in [-0.25, -0.2) is 0 Å². The van der Waals surface area contributed by atoms with E-state index in [2.05, 4.69) is 179 Å². The zero-order chi connectivity index (χ0) is 29.0. The molecule has 0 fully saturated rings. The highest BCUT2D eigenvalue weighted by Gasteiger charge is 2.15. The Hall–Kier alpha value is -5.86. The molecule has 0 atom stereocenters. The van der Waals surface area contributed by atoms with Crippen molar-refractivity contribution in [2.24, 2.45) is 0 Å². The maximum atomic E-state index is 2.39. The van der Waals surface area contributed by atoms with Crippen LogP contribution in [0.2, 0.25) is 0 Å². The third kappa shape index (κ3) is 3.75. The number of hydrogen-bond donors (Lipinski definition) is 0. The Kier molecular flexibility index (Phi) is 5.54. The minimum atomic E-state index is 1.16. The van der Waals surface area contributed by atoms with Crippen molar-refractivity contribution >= 4 is 43.6 Å². The molecular formula is C42H28N2. The van der Waals surface area contributed by atoms with Crippen LogP contribution in [0.15, 0.2) is 170 Å². The Morgan fingerprint density at radius 3 is 1.18 bits per heavy atom. The van der Waals surface area contributed by atoms with Crippen molar-refractivity contribution in [2.75, 3.05) is 0 Å². The first-order valence-corrected chi connectivity index (χ1v) is 15.1. The monoisotopic (exact) mass is 560 g/mol. The van der Waals surface area contributed by atoms with Gasteiger partial charge < -0.3 is 9.13 Å². The molecule has 9 rings (SSSR count). The Morgan fingerprint density at radius 2 is 0.682 bits per heavy atom. The van der Waals surface area contributed by atoms with Gasteiger partial charge in [-0.3, -0.25) is 0 Å². The number of rotatable bonds is 4. The van der Waals surface area contributed by atoms with Crippen molar-refractivity contribution < 1.29 is 0 Å². The van der Waals surface area contributed by atoms with Gasteiger partial charge in [0.2, 0.25) is 0 Å². The van der Waals surface area contributed by atoms with E-state index < -0.39 is 0 Å². The van der Waals surface area contributed by atoms with Crippen molar-refractivity contribution in [2.45, 2.75) is 0 Å². The second-order valence-electron chi connectivity index (χ2n) is 11.4. The summed E-state index contributed by atoms with van der Waals surface area (Å²) in [5.74, 6) is 0. The van der Waals surface area contributed by atoms with Gasteiger partial charge in [-0.2, -0.15) is 0 Å². The number of nitrogens with zero attached hydrogens (tertiary/aromatic N) is 2. The van der Waals surface area contributed by atoms with Crippen LogP contribution < -0.4 is 0 Å². The maximum Gasteiger partial charge on any atom is 0.0541 e. The predicted octanol–water partition coefficient (Wildman–Crippen LogP) is 11.2. The first-order valence-electron chi connectivity index (χ1n) is 15.1. The summed E-state index contributed by atoms with van der Waals surface area (Å²) in [7, 11) is 0. The van der Waals surface area contributed by atoms with Crippen LogP contribution in [0.4, 0.5) is 0 Å². The van der Waals surface area contributed by atoms with Crippen LogP contribution in [-0.4, -0.2) is 9.13 Å². The molecule has 9 aromatic rings. The highest BCUT2D eigenvalue weighted by Crippen LogP contribution is 2.37. The third-order valence-electron chi connectivity index (χ3n) is 8.94. The number of benzene rings is 7. The van der Waals surface area contributed by atoms with E-state index in [9.17, 15) is 0 Å². The molecule has 0 bridgehead atoms. The molecule has 2 nitrogen and oxygen atoms in total. The van der Waals surface area contributed by atoms with Crippen LogP contribution in [0.5, 0.6) is 0 Å². The molecule has 0 aliphatic rings. The summed E-state index contributed by atoms with van der Waals surface area (Å²) in [5.41, 5.74) is 12.1. The summed E-state index contributed by atoms with van der Waals surface area (Å²) in [5, 5.41) is 5.11. The van der Waals surface area contributed by atoms with Gasteiger partial charge in [0.05, 0.1) is 22.1 Å². The lowest BCUT2D eigenvalue weighted by molar-refractivity contribution is 1.18. The standard InChI is InChI=1S/C42H28N2/c1-2-15-34(30-12-11-13-32(28-30)44-41-22-9-5-18-37(41)38-19-6-10-23-42(38)44)33(14-1)29-24-26-31(27-25-29)43-39-20-7-3-16-35(39)36-17-4-8-21-40(36)43/h1-28H. The highest BCUT2D eigenvalue weighted by atomic mass is 15.0. The molecule has 0 amide bonds. The van der Waals surface area contributed by atoms with Crippen molar-refractivity contribution in [1.82, 2.24) is 9.13 Å². The molecule has 44 heavy (non-hydrogen) atoms. The quantitative estimate of drug-likeness (QED) is 0.203. The fourth-order valence-electron chi connectivity index (χ4n) is 6.99. The number of aromatic nitrogens is 2. The van der Waals surface area contributed by atoms with Crippen LogP contribution in [-0.2, 0) is 0 Å². The smallest absolute Gasteiger partial charge is 0.0541 e. The maximum absolute atomic E-state index is 2.39. The fourth-order valence-corrected chi connectivity index (χ4v) is 6.99. The Labute approximate surface area is 255 Å². The lowest BCUT2D eigenvalue weighted by Gasteiger charge is -2.14. The minimum Gasteiger partial charge on any atom is -0.309 e. The Balaban J connectivity index is 1.16. The average molecular weight is 561 g/mol. The van der Waals surface area contributed by atoms with Gasteiger partial charge in [0.1, 0.15) is 0 Å². The largest absolute Gasteiger partial charge is 0.309 e. The molecule has 0 aliphatic carbocycles. The number of hydrogen-bond acceptors (Lipinski definition) is 0. The SMILES string of the molecule is c1cc(-c2ccccc2-c2ccc(-n3c4ccccc4c4ccccc43)cc2)cc(-n2c3ccccc3c3ccccc32)c1. The Bertz CT molecular complexity index is 2390. The van der Waals surface area contributed by atoms with Crippen LogP contribution in [0, 0.1) is 0 Å². The fraction of sp³-hybridized carbons (Fsp3) is 0. The molecule has 2 aromatic heterocycles. The number of para-hydroxylation sites is 4. The number of fused-ring (bicyclic) bond motifs is 6. The van der Waals surface area contributed by atoms with Crippen molar-refractivity contribution in [1.29, 1.82) is 0 Å². The zero-order valence-corrected chi connectivity index (χ0v) is 24.1. The van der Waals surface area contributed by atoms with E-state index in [4.69, 9.17) is 0 Å². The molecule has 0 N–H and O–H groups in total. The van der Waals surface area contributed by atoms with Gasteiger partial charge in [-0.15, -0.1) is 0 Å². The molecule has 0 radical (unpaired) electrons. The topological polar surface area (TPSA) is 9.86 Å². The van der Waals surface area contributed by atoms with Crippen LogP contribution in [0.1, 0.15) is 0 Å². The molecule has 2 heteroatoms. The van der Waals surface area contributed by atoms with Gasteiger partial charge in [-0.05, 0) is 70.8 Å². The second kappa shape index (κ2) is 9.86. The average Bonchev–Trinajstić information content (AvgIpc) is 3.62. The second-order valence-corrected chi connectivity index (χ2v) is 11.4. The summed E-state index contributed by atoms with van der Waals surface area (Å²) in [6.45, 7) is 0. The lowest BCUT2D eigenvalue weighted by atomic mass is 9.94. The summed E-state index contributed by atoms with van der Waals surface area (Å²) in [4.78, 5) is 0. The summed E-state index contributed by atoms with van der Waals surface area (Å²) in [6, 6.07) is 61.4. The van der Waals surface area contributed by atoms with Gasteiger partial charge in [-0.1, -0.05) is 121 Å². The molecule has 7 aromatic carbocycles. The first-order chi connectivity index (χ1) is 21.8. The molecule has 206 valence electrons. The van der Waals surface area contributed by atoms with E-state index in [1.54, 1.807) is 0 Å². The van der Waals surface area contributed by atoms with E-state index in [0.717, 1.165) is 11.4 Å². The summed E-state index contributed by atoms with van der Waals surface area (Å²) >= 11 is 0. The molecule has 2 heterocycles. The molecule has 0 spiro atoms. The highest BCUT2D eigenvalue weighted by molar-refractivity contribution is 6.10.